The molecule has 0 amide bonds. The molecular weight excluding hydrogens is 367 g/mol. The second kappa shape index (κ2) is 6.51. The summed E-state index contributed by atoms with van der Waals surface area (Å²) < 4.78 is 39.3. The van der Waals surface area contributed by atoms with Crippen molar-refractivity contribution in [2.24, 2.45) is 5.92 Å². The zero-order chi connectivity index (χ0) is 16.4. The highest BCUT2D eigenvalue weighted by Gasteiger charge is 2.28. The number of nitriles is 1. The lowest BCUT2D eigenvalue weighted by Gasteiger charge is -2.19. The minimum Gasteiger partial charge on any atom is -0.481 e. The first-order chi connectivity index (χ1) is 9.61. The maximum Gasteiger partial charge on any atom is 0.307 e. The molecule has 1 N–H and O–H groups in total. The average molecular weight is 379 g/mol. The molecule has 9 heteroatoms. The van der Waals surface area contributed by atoms with Gasteiger partial charge in [0.1, 0.15) is 16.8 Å². The summed E-state index contributed by atoms with van der Waals surface area (Å²) >= 11 is 2.99. The van der Waals surface area contributed by atoms with Gasteiger partial charge in [0.2, 0.25) is 10.0 Å². The summed E-state index contributed by atoms with van der Waals surface area (Å²) in [6.45, 7) is 1.05. The van der Waals surface area contributed by atoms with Gasteiger partial charge in [0.05, 0.1) is 11.5 Å². The van der Waals surface area contributed by atoms with Gasteiger partial charge in [-0.1, -0.05) is 6.92 Å². The number of hydrogen-bond acceptors (Lipinski definition) is 4. The Hall–Kier alpha value is -1.50. The van der Waals surface area contributed by atoms with Crippen LogP contribution in [0.4, 0.5) is 4.39 Å². The Morgan fingerprint density at radius 2 is 2.14 bits per heavy atom. The van der Waals surface area contributed by atoms with Crippen molar-refractivity contribution in [2.45, 2.75) is 11.8 Å². The van der Waals surface area contributed by atoms with E-state index in [1.807, 2.05) is 0 Å². The molecule has 21 heavy (non-hydrogen) atoms. The van der Waals surface area contributed by atoms with Gasteiger partial charge in [-0.15, -0.1) is 0 Å². The molecule has 0 bridgehead atoms. The number of aliphatic carboxylic acids is 1. The van der Waals surface area contributed by atoms with Crippen molar-refractivity contribution in [1.82, 2.24) is 4.31 Å². The fourth-order valence-corrected chi connectivity index (χ4v) is 3.45. The van der Waals surface area contributed by atoms with Gasteiger partial charge in [0.15, 0.2) is 0 Å². The molecule has 0 fully saturated rings. The van der Waals surface area contributed by atoms with Crippen LogP contribution >= 0.6 is 15.9 Å². The van der Waals surface area contributed by atoms with Crippen LogP contribution in [0.15, 0.2) is 21.5 Å². The van der Waals surface area contributed by atoms with E-state index in [1.165, 1.54) is 14.0 Å². The van der Waals surface area contributed by atoms with E-state index < -0.39 is 32.6 Å². The first-order valence-electron chi connectivity index (χ1n) is 5.69. The molecule has 0 aliphatic heterocycles. The maximum atomic E-state index is 13.9. The average Bonchev–Trinajstić information content (AvgIpc) is 2.40. The molecular formula is C12H12BrFN2O4S. The third kappa shape index (κ3) is 3.78. The highest BCUT2D eigenvalue weighted by atomic mass is 79.9. The molecule has 1 rings (SSSR count). The number of benzene rings is 1. The third-order valence-electron chi connectivity index (χ3n) is 2.78. The van der Waals surface area contributed by atoms with Crippen molar-refractivity contribution < 1.29 is 22.7 Å². The van der Waals surface area contributed by atoms with Gasteiger partial charge in [-0.25, -0.2) is 12.8 Å². The Balaban J connectivity index is 3.23. The molecule has 1 atom stereocenters. The molecule has 1 unspecified atom stereocenters. The summed E-state index contributed by atoms with van der Waals surface area (Å²) in [6, 6.07) is 3.52. The molecule has 0 aromatic heterocycles. The monoisotopic (exact) mass is 378 g/mol. The molecule has 0 aliphatic rings. The first kappa shape index (κ1) is 17.6. The lowest BCUT2D eigenvalue weighted by atomic mass is 10.2. The quantitative estimate of drug-likeness (QED) is 0.841. The van der Waals surface area contributed by atoms with Crippen LogP contribution in [0.5, 0.6) is 0 Å². The molecule has 1 aromatic carbocycles. The van der Waals surface area contributed by atoms with E-state index in [2.05, 4.69) is 15.9 Å². The predicted molar refractivity (Wildman–Crippen MR) is 75.4 cm³/mol. The van der Waals surface area contributed by atoms with Crippen LogP contribution in [0, 0.1) is 23.1 Å². The van der Waals surface area contributed by atoms with E-state index >= 15 is 0 Å². The van der Waals surface area contributed by atoms with E-state index in [0.717, 1.165) is 16.4 Å². The van der Waals surface area contributed by atoms with E-state index in [9.17, 15) is 17.6 Å². The number of carbonyl (C=O) groups is 1. The molecule has 6 nitrogen and oxygen atoms in total. The van der Waals surface area contributed by atoms with Gasteiger partial charge >= 0.3 is 5.97 Å². The third-order valence-corrected chi connectivity index (χ3v) is 5.28. The van der Waals surface area contributed by atoms with Gasteiger partial charge < -0.3 is 5.11 Å². The van der Waals surface area contributed by atoms with Gasteiger partial charge in [-0.05, 0) is 28.1 Å². The van der Waals surface area contributed by atoms with E-state index in [-0.39, 0.29) is 16.6 Å². The SMILES string of the molecule is CC(CN(C)S(=O)(=O)c1cc(Br)c(C#N)cc1F)C(=O)O. The van der Waals surface area contributed by atoms with E-state index in [4.69, 9.17) is 10.4 Å². The van der Waals surface area contributed by atoms with E-state index in [0.29, 0.717) is 0 Å². The van der Waals surface area contributed by atoms with Crippen LogP contribution in [-0.2, 0) is 14.8 Å². The van der Waals surface area contributed by atoms with Gasteiger partial charge in [0.25, 0.3) is 0 Å². The Kier molecular flexibility index (Phi) is 5.44. The second-order valence-corrected chi connectivity index (χ2v) is 7.27. The van der Waals surface area contributed by atoms with Crippen LogP contribution in [0.25, 0.3) is 0 Å². The lowest BCUT2D eigenvalue weighted by molar-refractivity contribution is -0.141. The number of carboxylic acids is 1. The Morgan fingerprint density at radius 1 is 1.57 bits per heavy atom. The van der Waals surface area contributed by atoms with Gasteiger partial charge in [0, 0.05) is 18.1 Å². The minimum atomic E-state index is -4.19. The van der Waals surface area contributed by atoms with Crippen LogP contribution in [0.3, 0.4) is 0 Å². The Labute approximate surface area is 130 Å². The predicted octanol–water partition coefficient (Wildman–Crippen LogP) is 1.80. The topological polar surface area (TPSA) is 98.5 Å². The summed E-state index contributed by atoms with van der Waals surface area (Å²) in [5.74, 6) is -3.15. The van der Waals surface area contributed by atoms with Crippen LogP contribution in [-0.4, -0.2) is 37.4 Å². The fraction of sp³-hybridized carbons (Fsp3) is 0.333. The number of rotatable bonds is 5. The summed E-state index contributed by atoms with van der Waals surface area (Å²) in [5.41, 5.74) is -0.0343. The summed E-state index contributed by atoms with van der Waals surface area (Å²) in [7, 11) is -3.02. The Bertz CT molecular complexity index is 715. The molecule has 0 spiro atoms. The molecule has 0 heterocycles. The summed E-state index contributed by atoms with van der Waals surface area (Å²) in [6.07, 6.45) is 0. The van der Waals surface area contributed by atoms with Gasteiger partial charge in [-0.2, -0.15) is 9.57 Å². The standard InChI is InChI=1S/C12H12BrFN2O4S/c1-7(12(17)18)6-16(2)21(19,20)11-4-9(13)8(5-15)3-10(11)14/h3-4,7H,6H2,1-2H3,(H,17,18). The normalized spacial score (nSPS) is 13.0. The summed E-state index contributed by atoms with van der Waals surface area (Å²) in [5, 5.41) is 17.5. The van der Waals surface area contributed by atoms with Crippen molar-refractivity contribution in [1.29, 1.82) is 5.26 Å². The van der Waals surface area contributed by atoms with Crippen molar-refractivity contribution in [2.75, 3.05) is 13.6 Å². The zero-order valence-electron chi connectivity index (χ0n) is 11.2. The summed E-state index contributed by atoms with van der Waals surface area (Å²) in [4.78, 5) is 10.1. The van der Waals surface area contributed by atoms with Crippen LogP contribution in [0.1, 0.15) is 12.5 Å². The molecule has 0 radical (unpaired) electrons. The largest absolute Gasteiger partial charge is 0.481 e. The highest BCUT2D eigenvalue weighted by Crippen LogP contribution is 2.26. The van der Waals surface area contributed by atoms with Crippen molar-refractivity contribution in [3.8, 4) is 6.07 Å². The maximum absolute atomic E-state index is 13.9. The second-order valence-electron chi connectivity index (χ2n) is 4.40. The van der Waals surface area contributed by atoms with Crippen molar-refractivity contribution in [3.05, 3.63) is 28.0 Å². The smallest absolute Gasteiger partial charge is 0.307 e. The number of carboxylic acid groups (broad SMARTS) is 1. The number of halogens is 2. The van der Waals surface area contributed by atoms with Gasteiger partial charge in [-0.3, -0.25) is 4.79 Å². The fourth-order valence-electron chi connectivity index (χ4n) is 1.54. The minimum absolute atomic E-state index is 0.0343. The highest BCUT2D eigenvalue weighted by molar-refractivity contribution is 9.10. The van der Waals surface area contributed by atoms with Crippen LogP contribution in [0.2, 0.25) is 0 Å². The molecule has 1 aromatic rings. The Morgan fingerprint density at radius 3 is 2.62 bits per heavy atom. The molecule has 114 valence electrons. The van der Waals surface area contributed by atoms with Crippen LogP contribution < -0.4 is 0 Å². The van der Waals surface area contributed by atoms with Crippen molar-refractivity contribution >= 4 is 31.9 Å². The number of sulfonamides is 1. The molecule has 0 aliphatic carbocycles. The zero-order valence-corrected chi connectivity index (χ0v) is 13.6. The number of hydrogen-bond donors (Lipinski definition) is 1. The first-order valence-corrected chi connectivity index (χ1v) is 7.92. The van der Waals surface area contributed by atoms with E-state index in [1.54, 1.807) is 6.07 Å². The molecule has 0 saturated carbocycles. The van der Waals surface area contributed by atoms with Crippen molar-refractivity contribution in [3.63, 3.8) is 0 Å². The lowest BCUT2D eigenvalue weighted by Crippen LogP contribution is -2.34. The number of nitrogens with zero attached hydrogens (tertiary/aromatic N) is 2. The molecule has 0 saturated heterocycles.